The molecule has 3 aromatic carbocycles. The molecule has 8 rings (SSSR count). The highest BCUT2D eigenvalue weighted by molar-refractivity contribution is 5.97. The van der Waals surface area contributed by atoms with E-state index < -0.39 is 46.7 Å². The molecule has 68 heavy (non-hydrogen) atoms. The predicted molar refractivity (Wildman–Crippen MR) is 261 cm³/mol. The van der Waals surface area contributed by atoms with Crippen molar-refractivity contribution in [3.63, 3.8) is 0 Å². The van der Waals surface area contributed by atoms with E-state index in [1.807, 2.05) is 19.9 Å². The van der Waals surface area contributed by atoms with Gasteiger partial charge in [-0.05, 0) is 116 Å². The number of aryl methyl sites for hydroxylation is 1. The van der Waals surface area contributed by atoms with Gasteiger partial charge in [0.05, 0.1) is 24.3 Å². The zero-order valence-corrected chi connectivity index (χ0v) is 40.6. The first kappa shape index (κ1) is 48.5. The Bertz CT molecular complexity index is 2590. The van der Waals surface area contributed by atoms with Gasteiger partial charge >= 0.3 is 5.97 Å². The maximum absolute atomic E-state index is 14.8. The van der Waals surface area contributed by atoms with Crippen molar-refractivity contribution in [2.75, 3.05) is 46.5 Å². The average molecular weight is 929 g/mol. The summed E-state index contributed by atoms with van der Waals surface area (Å²) in [5.41, 5.74) is 9.78. The smallest absolute Gasteiger partial charge is 0.324 e. The van der Waals surface area contributed by atoms with Crippen molar-refractivity contribution in [1.29, 1.82) is 0 Å². The van der Waals surface area contributed by atoms with Gasteiger partial charge in [-0.15, -0.1) is 0 Å². The van der Waals surface area contributed by atoms with E-state index in [-0.39, 0.29) is 36.5 Å². The second-order valence-electron chi connectivity index (χ2n) is 20.4. The number of methoxy groups -OCH3 is 1. The Kier molecular flexibility index (Phi) is 14.2. The number of nitrogens with zero attached hydrogens (tertiary/aromatic N) is 4. The van der Waals surface area contributed by atoms with Crippen LogP contribution in [0, 0.1) is 16.7 Å². The van der Waals surface area contributed by atoms with Crippen molar-refractivity contribution < 1.29 is 38.6 Å². The number of hydrogen-bond donors (Lipinski definition) is 3. The number of benzene rings is 3. The lowest BCUT2D eigenvalue weighted by Gasteiger charge is -2.39. The monoisotopic (exact) mass is 929 g/mol. The van der Waals surface area contributed by atoms with E-state index in [0.717, 1.165) is 45.3 Å². The fourth-order valence-electron chi connectivity index (χ4n) is 11.1. The number of amides is 4. The Hall–Kier alpha value is -5.99. The van der Waals surface area contributed by atoms with Gasteiger partial charge in [0.15, 0.2) is 0 Å². The molecule has 3 saturated heterocycles. The molecule has 1 unspecified atom stereocenters. The van der Waals surface area contributed by atoms with Gasteiger partial charge in [0, 0.05) is 68.1 Å². The zero-order valence-electron chi connectivity index (χ0n) is 40.6. The molecular weight excluding hydrogens is 861 g/mol. The van der Waals surface area contributed by atoms with E-state index in [2.05, 4.69) is 85.1 Å². The summed E-state index contributed by atoms with van der Waals surface area (Å²) in [6, 6.07) is 17.3. The van der Waals surface area contributed by atoms with E-state index in [9.17, 15) is 29.1 Å². The van der Waals surface area contributed by atoms with Crippen LogP contribution in [0.1, 0.15) is 83.4 Å². The molecule has 1 spiro atoms. The number of fused-ring (bicyclic) bond motifs is 6. The number of nitrogens with one attached hydrogen (secondary N) is 2. The summed E-state index contributed by atoms with van der Waals surface area (Å²) >= 11 is 0. The van der Waals surface area contributed by atoms with Crippen LogP contribution in [0.3, 0.4) is 0 Å². The molecule has 1 aromatic heterocycles. The summed E-state index contributed by atoms with van der Waals surface area (Å²) in [5, 5.41) is 16.9. The fraction of sp³-hybridized carbons (Fsp3) is 0.500. The van der Waals surface area contributed by atoms with Crippen molar-refractivity contribution >= 4 is 40.5 Å². The Labute approximate surface area is 400 Å². The maximum atomic E-state index is 14.8. The van der Waals surface area contributed by atoms with Gasteiger partial charge in [-0.1, -0.05) is 70.7 Å². The number of ether oxygens (including phenoxy) is 2. The zero-order chi connectivity index (χ0) is 48.5. The quantitative estimate of drug-likeness (QED) is 0.118. The first-order chi connectivity index (χ1) is 32.6. The molecule has 4 aromatic rings. The van der Waals surface area contributed by atoms with Crippen LogP contribution in [-0.4, -0.2) is 119 Å². The second kappa shape index (κ2) is 19.9. The second-order valence-corrected chi connectivity index (χ2v) is 20.4. The van der Waals surface area contributed by atoms with Crippen LogP contribution in [0.15, 0.2) is 73.3 Å². The molecule has 3 N–H and O–H groups in total. The van der Waals surface area contributed by atoms with Gasteiger partial charge in [-0.25, -0.2) is 5.43 Å². The van der Waals surface area contributed by atoms with Crippen LogP contribution < -0.4 is 10.7 Å². The molecule has 4 aliphatic rings. The van der Waals surface area contributed by atoms with E-state index in [1.54, 1.807) is 29.0 Å². The Morgan fingerprint density at radius 2 is 1.75 bits per heavy atom. The number of phenolic OH excluding ortho intramolecular Hbond substituents is 1. The summed E-state index contributed by atoms with van der Waals surface area (Å²) in [5.74, 6) is -1.91. The van der Waals surface area contributed by atoms with Crippen LogP contribution in [0.2, 0.25) is 0 Å². The summed E-state index contributed by atoms with van der Waals surface area (Å²) in [6.45, 7) is 16.7. The number of likely N-dealkylation sites (tertiary alicyclic amines) is 2. The molecule has 0 aliphatic carbocycles. The number of carbonyl (C=O) groups excluding carboxylic acids is 5. The Morgan fingerprint density at radius 3 is 2.47 bits per heavy atom. The number of hydrogen-bond acceptors (Lipinski definition) is 9. The highest BCUT2D eigenvalue weighted by Crippen LogP contribution is 2.44. The number of phenols is 1. The number of hydrazine groups is 1. The largest absolute Gasteiger partial charge is 0.508 e. The number of piperidine rings is 1. The van der Waals surface area contributed by atoms with E-state index in [4.69, 9.17) is 9.47 Å². The van der Waals surface area contributed by atoms with Crippen LogP contribution >= 0.6 is 0 Å². The highest BCUT2D eigenvalue weighted by Gasteiger charge is 2.52. The number of aromatic hydroxyl groups is 1. The third-order valence-electron chi connectivity index (χ3n) is 14.7. The van der Waals surface area contributed by atoms with E-state index >= 15 is 0 Å². The molecule has 5 heterocycles. The third-order valence-corrected chi connectivity index (χ3v) is 14.7. The molecule has 4 amide bonds. The molecule has 362 valence electrons. The number of rotatable bonds is 10. The molecule has 6 bridgehead atoms. The number of cyclic esters (lactones) is 1. The topological polar surface area (TPSA) is 163 Å². The minimum Gasteiger partial charge on any atom is -0.508 e. The van der Waals surface area contributed by atoms with Crippen molar-refractivity contribution in [1.82, 2.24) is 30.1 Å². The van der Waals surface area contributed by atoms with Gasteiger partial charge in [0.2, 0.25) is 17.7 Å². The average Bonchev–Trinajstić information content (AvgIpc) is 3.80. The van der Waals surface area contributed by atoms with Crippen molar-refractivity contribution in [3.8, 4) is 28.1 Å². The summed E-state index contributed by atoms with van der Waals surface area (Å²) < 4.78 is 14.0. The van der Waals surface area contributed by atoms with Gasteiger partial charge < -0.3 is 34.3 Å². The van der Waals surface area contributed by atoms with Crippen LogP contribution in [0.25, 0.3) is 33.3 Å². The van der Waals surface area contributed by atoms with Crippen molar-refractivity contribution in [2.45, 2.75) is 111 Å². The summed E-state index contributed by atoms with van der Waals surface area (Å²) in [6.07, 6.45) is 5.19. The van der Waals surface area contributed by atoms with E-state index in [1.165, 1.54) is 16.6 Å². The highest BCUT2D eigenvalue weighted by atomic mass is 16.5. The Balaban J connectivity index is 1.18. The molecule has 0 radical (unpaired) electrons. The van der Waals surface area contributed by atoms with Crippen LogP contribution in [0.4, 0.5) is 0 Å². The summed E-state index contributed by atoms with van der Waals surface area (Å²) in [4.78, 5) is 73.6. The first-order valence-corrected chi connectivity index (χ1v) is 24.4. The lowest BCUT2D eigenvalue weighted by atomic mass is 9.77. The summed E-state index contributed by atoms with van der Waals surface area (Å²) in [7, 11) is 1.71. The molecule has 3 fully saturated rings. The van der Waals surface area contributed by atoms with Gasteiger partial charge in [-0.3, -0.25) is 29.0 Å². The number of carbonyl (C=O) groups is 5. The van der Waals surface area contributed by atoms with Crippen molar-refractivity contribution in [2.24, 2.45) is 16.7 Å². The lowest BCUT2D eigenvalue weighted by Crippen LogP contribution is -2.62. The molecule has 3 atom stereocenters. The lowest BCUT2D eigenvalue weighted by molar-refractivity contribution is -0.155. The molecule has 14 nitrogen and oxygen atoms in total. The molecular formula is C54H68N6O8. The van der Waals surface area contributed by atoms with Gasteiger partial charge in [0.1, 0.15) is 23.9 Å². The molecule has 4 aliphatic heterocycles. The maximum Gasteiger partial charge on any atom is 0.324 e. The normalized spacial score (nSPS) is 21.2. The Morgan fingerprint density at radius 1 is 1.00 bits per heavy atom. The van der Waals surface area contributed by atoms with Gasteiger partial charge in [0.25, 0.3) is 5.91 Å². The third kappa shape index (κ3) is 9.67. The minimum atomic E-state index is -1.13. The van der Waals surface area contributed by atoms with Crippen LogP contribution in [0.5, 0.6) is 5.75 Å². The van der Waals surface area contributed by atoms with Gasteiger partial charge in [-0.2, -0.15) is 0 Å². The standard InChI is InChI=1S/C54H68N6O8/c1-8-46(62)57-23-19-54(20-24-57)21-25-59(52(54)66)47(34(3)4)49(63)55-44-29-35-27-38(30-39(61)28-35)37-16-17-45-41(31-37)42(48(58(45)9-2)40-14-11-10-13-36(40)18-26-67-7)32-53(5,6)33-68-51(65)43-15-12-22-60(56-43)50(44)64/h8,10-11,13-14,16-17,27-28,30-31,34,43-44,47,56,61H,1,9,12,15,18-26,29,32-33H2,2-7H3,(H,55,63)/t43-,44-,47?/m0/s1. The van der Waals surface area contributed by atoms with E-state index in [0.29, 0.717) is 83.4 Å². The van der Waals surface area contributed by atoms with Crippen LogP contribution in [-0.2, 0) is 59.3 Å². The number of aromatic nitrogens is 1. The minimum absolute atomic E-state index is 0.0116. The number of esters is 1. The van der Waals surface area contributed by atoms with Crippen molar-refractivity contribution in [3.05, 3.63) is 90.0 Å². The molecule has 0 saturated carbocycles. The fourth-order valence-corrected chi connectivity index (χ4v) is 11.1. The predicted octanol–water partition coefficient (Wildman–Crippen LogP) is 6.59. The molecule has 14 heteroatoms. The first-order valence-electron chi connectivity index (χ1n) is 24.4. The SMILES string of the molecule is C=CC(=O)N1CCC2(CC1)CCN(C(C(=O)N[C@H]1Cc3cc(O)cc(c3)-c3ccc4c(c3)c(c(-c3ccccc3CCOC)n4CC)CC(C)(C)COC(=O)[C@@H]3CCCN(N3)C1=O)C(C)C)C2=O.